The van der Waals surface area contributed by atoms with E-state index in [4.69, 9.17) is 15.2 Å². The SMILES string of the molecule is CCc1ccccc1OCc1cc(-c2cccc(CN)c2)cc(N2CC3(CCOC3)C2)c1. The number of aryl methyl sites for hydroxylation is 1. The summed E-state index contributed by atoms with van der Waals surface area (Å²) in [5, 5.41) is 0. The highest BCUT2D eigenvalue weighted by Gasteiger charge is 2.45. The molecule has 0 aromatic heterocycles. The van der Waals surface area contributed by atoms with Crippen LogP contribution in [0.2, 0.25) is 0 Å². The molecule has 3 aromatic carbocycles. The highest BCUT2D eigenvalue weighted by Crippen LogP contribution is 2.42. The van der Waals surface area contributed by atoms with Gasteiger partial charge in [0.15, 0.2) is 0 Å². The van der Waals surface area contributed by atoms with Crippen LogP contribution in [0.5, 0.6) is 5.75 Å². The summed E-state index contributed by atoms with van der Waals surface area (Å²) in [6.07, 6.45) is 2.14. The predicted octanol–water partition coefficient (Wildman–Crippen LogP) is 5.18. The van der Waals surface area contributed by atoms with Crippen LogP contribution in [-0.2, 0) is 24.3 Å². The topological polar surface area (TPSA) is 47.7 Å². The Morgan fingerprint density at radius 3 is 2.59 bits per heavy atom. The van der Waals surface area contributed by atoms with Gasteiger partial charge in [-0.15, -0.1) is 0 Å². The standard InChI is InChI=1S/C28H32N2O2/c1-2-23-7-3-4-9-27(23)32-17-22-13-25(24-8-5-6-21(12-24)16-29)15-26(14-22)30-18-28(19-30)10-11-31-20-28/h3-9,12-15H,2,10-11,16-20,29H2,1H3. The Labute approximate surface area is 191 Å². The van der Waals surface area contributed by atoms with Crippen LogP contribution in [0.4, 0.5) is 5.69 Å². The highest BCUT2D eigenvalue weighted by molar-refractivity contribution is 5.71. The van der Waals surface area contributed by atoms with Gasteiger partial charge in [-0.3, -0.25) is 0 Å². The van der Waals surface area contributed by atoms with Crippen molar-refractivity contribution in [1.82, 2.24) is 0 Å². The molecule has 0 saturated carbocycles. The van der Waals surface area contributed by atoms with E-state index in [1.54, 1.807) is 0 Å². The Hall–Kier alpha value is -2.82. The quantitative estimate of drug-likeness (QED) is 0.563. The molecule has 0 bridgehead atoms. The van der Waals surface area contributed by atoms with Crippen molar-refractivity contribution in [2.45, 2.75) is 32.9 Å². The fourth-order valence-corrected chi connectivity index (χ4v) is 4.93. The van der Waals surface area contributed by atoms with Crippen molar-refractivity contribution in [2.24, 2.45) is 11.1 Å². The lowest BCUT2D eigenvalue weighted by atomic mass is 9.79. The lowest BCUT2D eigenvalue weighted by Gasteiger charge is -2.48. The number of anilines is 1. The van der Waals surface area contributed by atoms with Crippen LogP contribution in [-0.4, -0.2) is 26.3 Å². The Morgan fingerprint density at radius 2 is 1.81 bits per heavy atom. The van der Waals surface area contributed by atoms with E-state index in [1.165, 1.54) is 34.4 Å². The van der Waals surface area contributed by atoms with E-state index in [9.17, 15) is 0 Å². The zero-order valence-corrected chi connectivity index (χ0v) is 18.8. The van der Waals surface area contributed by atoms with E-state index in [0.717, 1.165) is 44.0 Å². The molecule has 4 nitrogen and oxygen atoms in total. The number of benzene rings is 3. The Balaban J connectivity index is 1.43. The number of ether oxygens (including phenoxy) is 2. The van der Waals surface area contributed by atoms with Crippen LogP contribution in [0.1, 0.15) is 30.0 Å². The second kappa shape index (κ2) is 8.97. The lowest BCUT2D eigenvalue weighted by Crippen LogP contribution is -2.57. The van der Waals surface area contributed by atoms with Crippen LogP contribution >= 0.6 is 0 Å². The summed E-state index contributed by atoms with van der Waals surface area (Å²) < 4.78 is 12.0. The van der Waals surface area contributed by atoms with Gasteiger partial charge in [0.05, 0.1) is 6.61 Å². The van der Waals surface area contributed by atoms with Gasteiger partial charge in [0.25, 0.3) is 0 Å². The van der Waals surface area contributed by atoms with Crippen LogP contribution < -0.4 is 15.4 Å². The minimum atomic E-state index is 0.353. The van der Waals surface area contributed by atoms with Gasteiger partial charge in [0.2, 0.25) is 0 Å². The normalized spacial score (nSPS) is 16.9. The largest absolute Gasteiger partial charge is 0.489 e. The summed E-state index contributed by atoms with van der Waals surface area (Å²) in [6, 6.07) is 23.7. The van der Waals surface area contributed by atoms with E-state index in [1.807, 2.05) is 6.07 Å². The first-order chi connectivity index (χ1) is 15.7. The third kappa shape index (κ3) is 4.25. The van der Waals surface area contributed by atoms with E-state index >= 15 is 0 Å². The summed E-state index contributed by atoms with van der Waals surface area (Å²) in [4.78, 5) is 2.48. The molecule has 5 rings (SSSR count). The first-order valence-corrected chi connectivity index (χ1v) is 11.6. The van der Waals surface area contributed by atoms with Gasteiger partial charge in [0.1, 0.15) is 12.4 Å². The number of nitrogens with two attached hydrogens (primary N) is 1. The maximum absolute atomic E-state index is 6.27. The molecule has 2 N–H and O–H groups in total. The summed E-state index contributed by atoms with van der Waals surface area (Å²) in [7, 11) is 0. The van der Waals surface area contributed by atoms with Crippen molar-refractivity contribution in [1.29, 1.82) is 0 Å². The molecule has 0 amide bonds. The van der Waals surface area contributed by atoms with E-state index in [0.29, 0.717) is 18.6 Å². The monoisotopic (exact) mass is 428 g/mol. The molecule has 2 saturated heterocycles. The molecule has 2 fully saturated rings. The molecule has 0 unspecified atom stereocenters. The zero-order chi connectivity index (χ0) is 22.0. The average Bonchev–Trinajstić information content (AvgIpc) is 3.32. The molecule has 3 aromatic rings. The molecule has 32 heavy (non-hydrogen) atoms. The van der Waals surface area contributed by atoms with Gasteiger partial charge in [-0.2, -0.15) is 0 Å². The van der Waals surface area contributed by atoms with Crippen molar-refractivity contribution in [3.63, 3.8) is 0 Å². The summed E-state index contributed by atoms with van der Waals surface area (Å²) >= 11 is 0. The van der Waals surface area contributed by atoms with Gasteiger partial charge >= 0.3 is 0 Å². The van der Waals surface area contributed by atoms with Crippen LogP contribution in [0.3, 0.4) is 0 Å². The molecule has 0 aliphatic carbocycles. The first kappa shape index (κ1) is 21.0. The summed E-state index contributed by atoms with van der Waals surface area (Å²) in [5.41, 5.74) is 13.5. The van der Waals surface area contributed by atoms with Gasteiger partial charge in [-0.25, -0.2) is 0 Å². The third-order valence-corrected chi connectivity index (χ3v) is 6.82. The van der Waals surface area contributed by atoms with Gasteiger partial charge < -0.3 is 20.1 Å². The van der Waals surface area contributed by atoms with Crippen molar-refractivity contribution < 1.29 is 9.47 Å². The molecular weight excluding hydrogens is 396 g/mol. The minimum absolute atomic E-state index is 0.353. The van der Waals surface area contributed by atoms with E-state index in [-0.39, 0.29) is 0 Å². The number of hydrogen-bond donors (Lipinski definition) is 1. The van der Waals surface area contributed by atoms with Crippen molar-refractivity contribution >= 4 is 5.69 Å². The van der Waals surface area contributed by atoms with Gasteiger partial charge in [-0.1, -0.05) is 43.3 Å². The number of para-hydroxylation sites is 1. The average molecular weight is 429 g/mol. The molecule has 166 valence electrons. The molecule has 0 atom stereocenters. The van der Waals surface area contributed by atoms with Crippen LogP contribution in [0.15, 0.2) is 66.7 Å². The second-order valence-corrected chi connectivity index (χ2v) is 9.20. The Bertz CT molecular complexity index is 1080. The molecule has 1 spiro atoms. The number of rotatable bonds is 7. The fourth-order valence-electron chi connectivity index (χ4n) is 4.93. The minimum Gasteiger partial charge on any atom is -0.489 e. The van der Waals surface area contributed by atoms with Gasteiger partial charge in [0, 0.05) is 37.3 Å². The van der Waals surface area contributed by atoms with Gasteiger partial charge in [-0.05, 0) is 71.0 Å². The highest BCUT2D eigenvalue weighted by atomic mass is 16.5. The smallest absolute Gasteiger partial charge is 0.122 e. The second-order valence-electron chi connectivity index (χ2n) is 9.20. The van der Waals surface area contributed by atoms with Crippen molar-refractivity contribution in [3.05, 3.63) is 83.4 Å². The molecular formula is C28H32N2O2. The molecule has 2 heterocycles. The molecule has 4 heteroatoms. The maximum atomic E-state index is 6.27. The van der Waals surface area contributed by atoms with Crippen molar-refractivity contribution in [2.75, 3.05) is 31.2 Å². The molecule has 2 aliphatic heterocycles. The zero-order valence-electron chi connectivity index (χ0n) is 18.8. The summed E-state index contributed by atoms with van der Waals surface area (Å²) in [6.45, 7) is 7.19. The van der Waals surface area contributed by atoms with E-state index in [2.05, 4.69) is 72.5 Å². The lowest BCUT2D eigenvalue weighted by molar-refractivity contribution is 0.131. The maximum Gasteiger partial charge on any atom is 0.122 e. The third-order valence-electron chi connectivity index (χ3n) is 6.82. The summed E-state index contributed by atoms with van der Waals surface area (Å²) in [5.74, 6) is 0.970. The predicted molar refractivity (Wildman–Crippen MR) is 130 cm³/mol. The van der Waals surface area contributed by atoms with Crippen LogP contribution in [0.25, 0.3) is 11.1 Å². The first-order valence-electron chi connectivity index (χ1n) is 11.6. The fraction of sp³-hybridized carbons (Fsp3) is 0.357. The number of nitrogens with zero attached hydrogens (tertiary/aromatic N) is 1. The molecule has 0 radical (unpaired) electrons. The molecule has 2 aliphatic rings. The Kier molecular flexibility index (Phi) is 5.90. The van der Waals surface area contributed by atoms with Crippen molar-refractivity contribution in [3.8, 4) is 16.9 Å². The van der Waals surface area contributed by atoms with Crippen LogP contribution in [0, 0.1) is 5.41 Å². The Morgan fingerprint density at radius 1 is 0.969 bits per heavy atom. The number of hydrogen-bond acceptors (Lipinski definition) is 4. The van der Waals surface area contributed by atoms with E-state index < -0.39 is 0 Å².